The molecule has 0 saturated carbocycles. The van der Waals surface area contributed by atoms with E-state index in [1.54, 1.807) is 18.2 Å². The van der Waals surface area contributed by atoms with Crippen LogP contribution in [0, 0.1) is 5.41 Å². The first-order chi connectivity index (χ1) is 9.49. The monoisotopic (exact) mass is 312 g/mol. The van der Waals surface area contributed by atoms with Crippen LogP contribution in [0.15, 0.2) is 29.2 Å². The molecule has 0 bridgehead atoms. The molecule has 0 heterocycles. The standard InChI is InChI=1S/C15H24N2O3S/c1-15(2,3)10-11(16)9-14(18)17-12-7-5-6-8-13(12)21(4,19)20/h5-8,11H,9-10,16H2,1-4H3,(H,17,18). The molecule has 118 valence electrons. The second-order valence-corrected chi connectivity index (χ2v) is 8.53. The van der Waals surface area contributed by atoms with Crippen LogP contribution in [0.4, 0.5) is 5.69 Å². The van der Waals surface area contributed by atoms with Crippen molar-refractivity contribution in [1.29, 1.82) is 0 Å². The second-order valence-electron chi connectivity index (χ2n) is 6.55. The Morgan fingerprint density at radius 1 is 1.29 bits per heavy atom. The maximum atomic E-state index is 12.0. The first-order valence-electron chi connectivity index (χ1n) is 6.83. The van der Waals surface area contributed by atoms with Crippen molar-refractivity contribution < 1.29 is 13.2 Å². The number of carbonyl (C=O) groups is 1. The minimum Gasteiger partial charge on any atom is -0.327 e. The Bertz CT molecular complexity index is 604. The Morgan fingerprint density at radius 3 is 2.38 bits per heavy atom. The van der Waals surface area contributed by atoms with Gasteiger partial charge in [0, 0.05) is 18.7 Å². The third kappa shape index (κ3) is 6.27. The Hall–Kier alpha value is -1.40. The van der Waals surface area contributed by atoms with Crippen molar-refractivity contribution in [2.75, 3.05) is 11.6 Å². The summed E-state index contributed by atoms with van der Waals surface area (Å²) in [7, 11) is -3.38. The number of nitrogens with two attached hydrogens (primary N) is 1. The van der Waals surface area contributed by atoms with Crippen LogP contribution in [0.3, 0.4) is 0 Å². The van der Waals surface area contributed by atoms with E-state index in [0.29, 0.717) is 12.1 Å². The molecule has 0 saturated heterocycles. The fourth-order valence-corrected chi connectivity index (χ4v) is 3.04. The molecule has 0 radical (unpaired) electrons. The smallest absolute Gasteiger partial charge is 0.225 e. The van der Waals surface area contributed by atoms with Crippen molar-refractivity contribution in [3.05, 3.63) is 24.3 Å². The van der Waals surface area contributed by atoms with Gasteiger partial charge in [-0.2, -0.15) is 0 Å². The number of sulfone groups is 1. The van der Waals surface area contributed by atoms with Crippen LogP contribution >= 0.6 is 0 Å². The lowest BCUT2D eigenvalue weighted by atomic mass is 9.87. The van der Waals surface area contributed by atoms with E-state index >= 15 is 0 Å². The number of para-hydroxylation sites is 1. The summed E-state index contributed by atoms with van der Waals surface area (Å²) in [5.74, 6) is -0.275. The Kier molecular flexibility index (Phi) is 5.53. The average molecular weight is 312 g/mol. The quantitative estimate of drug-likeness (QED) is 0.872. The highest BCUT2D eigenvalue weighted by atomic mass is 32.2. The van der Waals surface area contributed by atoms with Gasteiger partial charge in [-0.3, -0.25) is 4.79 Å². The first-order valence-corrected chi connectivity index (χ1v) is 8.73. The van der Waals surface area contributed by atoms with Gasteiger partial charge in [-0.15, -0.1) is 0 Å². The third-order valence-corrected chi connectivity index (χ3v) is 4.04. The van der Waals surface area contributed by atoms with Gasteiger partial charge in [0.15, 0.2) is 9.84 Å². The third-order valence-electron chi connectivity index (χ3n) is 2.88. The minimum absolute atomic E-state index is 0.0460. The van der Waals surface area contributed by atoms with E-state index in [4.69, 9.17) is 5.73 Å². The maximum Gasteiger partial charge on any atom is 0.225 e. The molecule has 1 rings (SSSR count). The summed E-state index contributed by atoms with van der Waals surface area (Å²) in [6.07, 6.45) is 1.99. The molecule has 21 heavy (non-hydrogen) atoms. The van der Waals surface area contributed by atoms with Crippen molar-refractivity contribution in [1.82, 2.24) is 0 Å². The first kappa shape index (κ1) is 17.7. The second kappa shape index (κ2) is 6.58. The summed E-state index contributed by atoms with van der Waals surface area (Å²) in [5.41, 5.74) is 6.30. The van der Waals surface area contributed by atoms with Gasteiger partial charge in [0.2, 0.25) is 5.91 Å². The van der Waals surface area contributed by atoms with Gasteiger partial charge >= 0.3 is 0 Å². The fourth-order valence-electron chi connectivity index (χ4n) is 2.19. The van der Waals surface area contributed by atoms with Crippen molar-refractivity contribution in [2.24, 2.45) is 11.1 Å². The van der Waals surface area contributed by atoms with Crippen molar-refractivity contribution in [2.45, 2.75) is 44.6 Å². The fraction of sp³-hybridized carbons (Fsp3) is 0.533. The summed E-state index contributed by atoms with van der Waals surface area (Å²) < 4.78 is 23.3. The summed E-state index contributed by atoms with van der Waals surface area (Å²) in [4.78, 5) is 12.1. The lowest BCUT2D eigenvalue weighted by Crippen LogP contribution is -2.31. The summed E-state index contributed by atoms with van der Waals surface area (Å²) >= 11 is 0. The molecule has 0 aliphatic carbocycles. The molecule has 0 aliphatic rings. The topological polar surface area (TPSA) is 89.3 Å². The Morgan fingerprint density at radius 2 is 1.86 bits per heavy atom. The van der Waals surface area contributed by atoms with E-state index in [1.165, 1.54) is 6.07 Å². The molecule has 1 aromatic rings. The minimum atomic E-state index is -3.38. The largest absolute Gasteiger partial charge is 0.327 e. The molecule has 6 heteroatoms. The van der Waals surface area contributed by atoms with E-state index < -0.39 is 9.84 Å². The number of amides is 1. The number of hydrogen-bond donors (Lipinski definition) is 2. The average Bonchev–Trinajstić information content (AvgIpc) is 2.24. The van der Waals surface area contributed by atoms with Crippen molar-refractivity contribution in [3.8, 4) is 0 Å². The van der Waals surface area contributed by atoms with E-state index in [0.717, 1.165) is 6.26 Å². The van der Waals surface area contributed by atoms with Gasteiger partial charge in [-0.1, -0.05) is 32.9 Å². The van der Waals surface area contributed by atoms with Crippen LogP contribution in [0.5, 0.6) is 0 Å². The number of hydrogen-bond acceptors (Lipinski definition) is 4. The molecule has 3 N–H and O–H groups in total. The predicted molar refractivity (Wildman–Crippen MR) is 84.8 cm³/mol. The molecule has 0 aliphatic heterocycles. The lowest BCUT2D eigenvalue weighted by Gasteiger charge is -2.22. The SMILES string of the molecule is CC(C)(C)CC(N)CC(=O)Nc1ccccc1S(C)(=O)=O. The van der Waals surface area contributed by atoms with Gasteiger partial charge in [-0.25, -0.2) is 8.42 Å². The summed E-state index contributed by atoms with van der Waals surface area (Å²) in [5, 5.41) is 2.64. The zero-order valence-electron chi connectivity index (χ0n) is 13.0. The zero-order chi connectivity index (χ0) is 16.3. The molecular formula is C15H24N2O3S. The highest BCUT2D eigenvalue weighted by Crippen LogP contribution is 2.23. The molecule has 5 nitrogen and oxygen atoms in total. The summed E-state index contributed by atoms with van der Waals surface area (Å²) in [6, 6.07) is 6.09. The van der Waals surface area contributed by atoms with Crippen LogP contribution < -0.4 is 11.1 Å². The van der Waals surface area contributed by atoms with Gasteiger partial charge < -0.3 is 11.1 Å². The van der Waals surface area contributed by atoms with E-state index in [1.807, 2.05) is 0 Å². The lowest BCUT2D eigenvalue weighted by molar-refractivity contribution is -0.116. The van der Waals surface area contributed by atoms with E-state index in [9.17, 15) is 13.2 Å². The molecule has 0 fully saturated rings. The van der Waals surface area contributed by atoms with Crippen LogP contribution in [0.25, 0.3) is 0 Å². The number of carbonyl (C=O) groups excluding carboxylic acids is 1. The van der Waals surface area contributed by atoms with Crippen LogP contribution in [-0.2, 0) is 14.6 Å². The number of benzene rings is 1. The maximum absolute atomic E-state index is 12.0. The molecule has 0 spiro atoms. The molecule has 1 aromatic carbocycles. The molecule has 1 amide bonds. The number of anilines is 1. The van der Waals surface area contributed by atoms with E-state index in [2.05, 4.69) is 26.1 Å². The molecule has 1 unspecified atom stereocenters. The van der Waals surface area contributed by atoms with Crippen molar-refractivity contribution in [3.63, 3.8) is 0 Å². The highest BCUT2D eigenvalue weighted by molar-refractivity contribution is 7.90. The molecular weight excluding hydrogens is 288 g/mol. The Labute approximate surface area is 126 Å². The molecule has 1 atom stereocenters. The zero-order valence-corrected chi connectivity index (χ0v) is 13.8. The normalized spacial score (nSPS) is 13.8. The highest BCUT2D eigenvalue weighted by Gasteiger charge is 2.19. The predicted octanol–water partition coefficient (Wildman–Crippen LogP) is 2.18. The van der Waals surface area contributed by atoms with Crippen LogP contribution in [0.2, 0.25) is 0 Å². The van der Waals surface area contributed by atoms with Crippen LogP contribution in [-0.4, -0.2) is 26.6 Å². The van der Waals surface area contributed by atoms with Gasteiger partial charge in [0.25, 0.3) is 0 Å². The van der Waals surface area contributed by atoms with Gasteiger partial charge in [-0.05, 0) is 24.0 Å². The van der Waals surface area contributed by atoms with Crippen LogP contribution in [0.1, 0.15) is 33.6 Å². The Balaban J connectivity index is 2.77. The van der Waals surface area contributed by atoms with Crippen molar-refractivity contribution >= 4 is 21.4 Å². The number of rotatable bonds is 5. The van der Waals surface area contributed by atoms with E-state index in [-0.39, 0.29) is 28.7 Å². The number of nitrogens with one attached hydrogen (secondary N) is 1. The molecule has 0 aromatic heterocycles. The van der Waals surface area contributed by atoms with Gasteiger partial charge in [0.1, 0.15) is 0 Å². The van der Waals surface area contributed by atoms with Gasteiger partial charge in [0.05, 0.1) is 10.6 Å². The summed E-state index contributed by atoms with van der Waals surface area (Å²) in [6.45, 7) is 6.18.